The number of rotatable bonds is 12. The standard InChI is InChI=1S/C19H34N2O2S.HI/c1-5-6-7-8-9-10-11-12-17-24(22,23)20-18-13-15-19(16-14-18)21(2,3)4;/h13-16H,5-12,17H2,1-4H3;1H. The topological polar surface area (TPSA) is 48.2 Å². The third kappa shape index (κ3) is 11.1. The lowest BCUT2D eigenvalue weighted by Crippen LogP contribution is -2.34. The molecule has 0 aromatic heterocycles. The molecule has 0 radical (unpaired) electrons. The largest absolute Gasteiger partial charge is 0.577 e. The lowest BCUT2D eigenvalue weighted by molar-refractivity contribution is 0.486. The zero-order valence-corrected chi connectivity index (χ0v) is 19.3. The third-order valence-corrected chi connectivity index (χ3v) is 5.42. The van der Waals surface area contributed by atoms with Gasteiger partial charge in [-0.3, -0.25) is 4.48 Å². The van der Waals surface area contributed by atoms with Crippen LogP contribution in [-0.2, 0) is 10.0 Å². The van der Waals surface area contributed by atoms with Gasteiger partial charge in [-0.1, -0.05) is 64.0 Å². The van der Waals surface area contributed by atoms with Gasteiger partial charge in [0.05, 0.1) is 31.2 Å². The van der Waals surface area contributed by atoms with Crippen molar-refractivity contribution < 1.29 is 8.42 Å². The quantitative estimate of drug-likeness (QED) is 0.209. The number of quaternary nitrogens is 1. The number of hydrogen-bond donors (Lipinski definition) is 0. The maximum absolute atomic E-state index is 12.1. The fourth-order valence-electron chi connectivity index (χ4n) is 2.59. The van der Waals surface area contributed by atoms with E-state index in [9.17, 15) is 8.42 Å². The molecule has 0 aliphatic rings. The second kappa shape index (κ2) is 12.1. The summed E-state index contributed by atoms with van der Waals surface area (Å²) in [5, 5.41) is 0. The average Bonchev–Trinajstić information content (AvgIpc) is 2.49. The van der Waals surface area contributed by atoms with Gasteiger partial charge < -0.3 is 4.72 Å². The summed E-state index contributed by atoms with van der Waals surface area (Å²) in [5.74, 6) is 0.152. The van der Waals surface area contributed by atoms with E-state index in [0.29, 0.717) is 16.6 Å². The molecule has 0 saturated heterocycles. The highest BCUT2D eigenvalue weighted by atomic mass is 127. The third-order valence-electron chi connectivity index (χ3n) is 4.12. The molecule has 4 nitrogen and oxygen atoms in total. The first-order chi connectivity index (χ1) is 11.2. The molecule has 0 saturated carbocycles. The van der Waals surface area contributed by atoms with E-state index in [4.69, 9.17) is 0 Å². The van der Waals surface area contributed by atoms with Gasteiger partial charge >= 0.3 is 0 Å². The van der Waals surface area contributed by atoms with Gasteiger partial charge in [0, 0.05) is 5.75 Å². The number of unbranched alkanes of at least 4 members (excludes halogenated alkanes) is 7. The lowest BCUT2D eigenvalue weighted by Gasteiger charge is -2.26. The summed E-state index contributed by atoms with van der Waals surface area (Å²) in [6.45, 7) is 2.21. The SMILES string of the molecule is CCCCCCCCCCS(=O)(=O)[N-]c1ccc([N+](C)(C)C)cc1.I. The summed E-state index contributed by atoms with van der Waals surface area (Å²) in [4.78, 5) is 0. The van der Waals surface area contributed by atoms with E-state index in [0.717, 1.165) is 18.5 Å². The van der Waals surface area contributed by atoms with Crippen LogP contribution in [0.2, 0.25) is 0 Å². The molecular formula is C19H35IN2O2S. The Balaban J connectivity index is 0.00000576. The summed E-state index contributed by atoms with van der Waals surface area (Å²) in [6, 6.07) is 7.43. The van der Waals surface area contributed by atoms with E-state index in [1.165, 1.54) is 32.1 Å². The van der Waals surface area contributed by atoms with Crippen LogP contribution in [-0.4, -0.2) is 35.3 Å². The van der Waals surface area contributed by atoms with Crippen LogP contribution in [0.1, 0.15) is 58.3 Å². The fraction of sp³-hybridized carbons (Fsp3) is 0.684. The summed E-state index contributed by atoms with van der Waals surface area (Å²) >= 11 is 0. The highest BCUT2D eigenvalue weighted by Crippen LogP contribution is 2.27. The highest BCUT2D eigenvalue weighted by molar-refractivity contribution is 14.0. The van der Waals surface area contributed by atoms with Gasteiger partial charge in [0.25, 0.3) is 0 Å². The molecule has 0 amide bonds. The van der Waals surface area contributed by atoms with Crippen molar-refractivity contribution >= 4 is 45.4 Å². The van der Waals surface area contributed by atoms with Crippen molar-refractivity contribution in [2.24, 2.45) is 0 Å². The normalized spacial score (nSPS) is 11.8. The molecule has 0 fully saturated rings. The molecule has 0 bridgehead atoms. The Morgan fingerprint density at radius 3 is 1.80 bits per heavy atom. The molecule has 0 unspecified atom stereocenters. The number of halogens is 1. The van der Waals surface area contributed by atoms with Crippen molar-refractivity contribution in [3.8, 4) is 0 Å². The Morgan fingerprint density at radius 1 is 0.840 bits per heavy atom. The van der Waals surface area contributed by atoms with Crippen LogP contribution in [0.3, 0.4) is 0 Å². The molecule has 1 rings (SSSR count). The van der Waals surface area contributed by atoms with E-state index >= 15 is 0 Å². The molecule has 0 spiro atoms. The zero-order chi connectivity index (χ0) is 18.1. The molecule has 0 N–H and O–H groups in total. The molecule has 0 heterocycles. The monoisotopic (exact) mass is 482 g/mol. The summed E-state index contributed by atoms with van der Waals surface area (Å²) in [5.41, 5.74) is 1.64. The summed E-state index contributed by atoms with van der Waals surface area (Å²) in [6.07, 6.45) is 9.14. The van der Waals surface area contributed by atoms with Gasteiger partial charge in [-0.2, -0.15) is 0 Å². The maximum Gasteiger partial charge on any atom is 0.132 e. The second-order valence-electron chi connectivity index (χ2n) is 7.38. The van der Waals surface area contributed by atoms with E-state index in [1.807, 2.05) is 12.1 Å². The van der Waals surface area contributed by atoms with Gasteiger partial charge in [-0.25, -0.2) is 8.42 Å². The van der Waals surface area contributed by atoms with Crippen molar-refractivity contribution in [1.29, 1.82) is 0 Å². The smallest absolute Gasteiger partial charge is 0.132 e. The van der Waals surface area contributed by atoms with Crippen molar-refractivity contribution in [1.82, 2.24) is 4.48 Å². The summed E-state index contributed by atoms with van der Waals surface area (Å²) in [7, 11) is 2.86. The molecule has 0 atom stereocenters. The molecule has 6 heteroatoms. The van der Waals surface area contributed by atoms with Gasteiger partial charge in [0.1, 0.15) is 5.69 Å². The first-order valence-electron chi connectivity index (χ1n) is 9.12. The van der Waals surface area contributed by atoms with Crippen molar-refractivity contribution in [3.05, 3.63) is 29.0 Å². The van der Waals surface area contributed by atoms with Crippen LogP contribution in [0, 0.1) is 0 Å². The van der Waals surface area contributed by atoms with Gasteiger partial charge in [-0.15, -0.1) is 29.7 Å². The second-order valence-corrected chi connectivity index (χ2v) is 9.14. The Bertz CT molecular complexity index is 566. The maximum atomic E-state index is 12.1. The van der Waals surface area contributed by atoms with E-state index in [1.54, 1.807) is 12.1 Å². The van der Waals surface area contributed by atoms with Crippen LogP contribution in [0.25, 0.3) is 4.72 Å². The molecule has 0 aliphatic carbocycles. The van der Waals surface area contributed by atoms with Crippen LogP contribution >= 0.6 is 24.0 Å². The minimum Gasteiger partial charge on any atom is -0.577 e. The number of sulfonamides is 1. The van der Waals surface area contributed by atoms with Crippen LogP contribution in [0.4, 0.5) is 11.4 Å². The Kier molecular flexibility index (Phi) is 12.0. The predicted octanol–water partition coefficient (Wildman–Crippen LogP) is 5.98. The van der Waals surface area contributed by atoms with Crippen molar-refractivity contribution in [2.75, 3.05) is 26.9 Å². The molecule has 25 heavy (non-hydrogen) atoms. The molecule has 146 valence electrons. The molecule has 1 aromatic rings. The van der Waals surface area contributed by atoms with Crippen LogP contribution < -0.4 is 4.48 Å². The Labute approximate surface area is 172 Å². The predicted molar refractivity (Wildman–Crippen MR) is 121 cm³/mol. The van der Waals surface area contributed by atoms with Crippen molar-refractivity contribution in [2.45, 2.75) is 58.3 Å². The highest BCUT2D eigenvalue weighted by Gasteiger charge is 2.10. The first kappa shape index (κ1) is 24.7. The molecule has 0 aliphatic heterocycles. The number of hydrogen-bond acceptors (Lipinski definition) is 2. The fourth-order valence-corrected chi connectivity index (χ4v) is 3.69. The van der Waals surface area contributed by atoms with Crippen LogP contribution in [0.15, 0.2) is 24.3 Å². The minimum atomic E-state index is -3.36. The Hall–Kier alpha value is -0.340. The van der Waals surface area contributed by atoms with Gasteiger partial charge in [-0.05, 0) is 18.6 Å². The zero-order valence-electron chi connectivity index (χ0n) is 16.2. The average molecular weight is 482 g/mol. The van der Waals surface area contributed by atoms with E-state index in [2.05, 4.69) is 32.8 Å². The van der Waals surface area contributed by atoms with Gasteiger partial charge in [0.2, 0.25) is 0 Å². The first-order valence-corrected chi connectivity index (χ1v) is 10.7. The minimum absolute atomic E-state index is 0. The molecular weight excluding hydrogens is 447 g/mol. The summed E-state index contributed by atoms with van der Waals surface area (Å²) < 4.78 is 28.8. The molecule has 1 aromatic carbocycles. The van der Waals surface area contributed by atoms with Gasteiger partial charge in [0.15, 0.2) is 0 Å². The van der Waals surface area contributed by atoms with Crippen LogP contribution in [0.5, 0.6) is 0 Å². The van der Waals surface area contributed by atoms with E-state index < -0.39 is 10.0 Å². The van der Waals surface area contributed by atoms with Crippen molar-refractivity contribution in [3.63, 3.8) is 0 Å². The van der Waals surface area contributed by atoms with E-state index in [-0.39, 0.29) is 29.7 Å². The number of benzene rings is 1. The number of nitrogens with zero attached hydrogens (tertiary/aromatic N) is 2. The lowest BCUT2D eigenvalue weighted by atomic mass is 10.1. The Morgan fingerprint density at radius 2 is 1.32 bits per heavy atom.